The van der Waals surface area contributed by atoms with Gasteiger partial charge in [-0.15, -0.1) is 5.10 Å². The van der Waals surface area contributed by atoms with Crippen LogP contribution in [0.4, 0.5) is 5.95 Å². The Bertz CT molecular complexity index is 643. The molecule has 2 aromatic heterocycles. The zero-order chi connectivity index (χ0) is 15.6. The fraction of sp³-hybridized carbons (Fsp3) is 0.533. The van der Waals surface area contributed by atoms with Gasteiger partial charge in [-0.1, -0.05) is 0 Å². The minimum Gasteiger partial charge on any atom is -0.460 e. The third-order valence-corrected chi connectivity index (χ3v) is 2.98. The Labute approximate surface area is 124 Å². The number of anilines is 1. The summed E-state index contributed by atoms with van der Waals surface area (Å²) in [5.41, 5.74) is 1.13. The molecule has 2 aromatic rings. The molecule has 0 aromatic carbocycles. The minimum atomic E-state index is -0.465. The van der Waals surface area contributed by atoms with E-state index in [4.69, 9.17) is 4.74 Å². The second-order valence-corrected chi connectivity index (χ2v) is 6.03. The van der Waals surface area contributed by atoms with Crippen LogP contribution in [-0.4, -0.2) is 39.8 Å². The van der Waals surface area contributed by atoms with Crippen molar-refractivity contribution in [2.75, 3.05) is 18.5 Å². The molecule has 114 valence electrons. The van der Waals surface area contributed by atoms with Crippen molar-refractivity contribution in [1.82, 2.24) is 14.6 Å². The highest BCUT2D eigenvalue weighted by Crippen LogP contribution is 2.13. The largest absolute Gasteiger partial charge is 0.460 e. The molecule has 0 atom stereocenters. The number of nitrogens with zero attached hydrogens (tertiary/aromatic N) is 4. The van der Waals surface area contributed by atoms with Crippen LogP contribution in [0, 0.1) is 0 Å². The topological polar surface area (TPSA) is 59.7 Å². The maximum absolute atomic E-state index is 11.9. The van der Waals surface area contributed by atoms with Gasteiger partial charge in [0, 0.05) is 19.8 Å². The Morgan fingerprint density at radius 1 is 1.43 bits per heavy atom. The lowest BCUT2D eigenvalue weighted by atomic mass is 10.1. The number of carbonyl (C=O) groups excluding carboxylic acids is 1. The number of hydrogen-bond donors (Lipinski definition) is 0. The molecule has 0 saturated carbocycles. The highest BCUT2D eigenvalue weighted by atomic mass is 16.6. The van der Waals surface area contributed by atoms with Crippen molar-refractivity contribution < 1.29 is 9.53 Å². The lowest BCUT2D eigenvalue weighted by Crippen LogP contribution is -2.24. The van der Waals surface area contributed by atoms with Gasteiger partial charge in [-0.05, 0) is 45.4 Å². The van der Waals surface area contributed by atoms with E-state index in [1.54, 1.807) is 4.52 Å². The number of rotatable bonds is 4. The first kappa shape index (κ1) is 15.3. The van der Waals surface area contributed by atoms with Crippen molar-refractivity contribution in [2.45, 2.75) is 39.7 Å². The summed E-state index contributed by atoms with van der Waals surface area (Å²) < 4.78 is 7.03. The van der Waals surface area contributed by atoms with Crippen molar-refractivity contribution in [1.29, 1.82) is 0 Å². The van der Waals surface area contributed by atoms with Crippen LogP contribution in [0.3, 0.4) is 0 Å². The van der Waals surface area contributed by atoms with E-state index in [1.807, 2.05) is 58.0 Å². The van der Waals surface area contributed by atoms with E-state index >= 15 is 0 Å². The number of pyridine rings is 1. The standard InChI is InChI=1S/C15H22N4O2/c1-6-18(5)14-16-12-9-11(7-8-19(12)17-14)10-13(20)21-15(2,3)4/h7-9H,6,10H2,1-5H3. The van der Waals surface area contributed by atoms with Crippen molar-refractivity contribution in [3.63, 3.8) is 0 Å². The smallest absolute Gasteiger partial charge is 0.310 e. The number of fused-ring (bicyclic) bond motifs is 1. The predicted octanol–water partition coefficient (Wildman–Crippen LogP) is 2.07. The summed E-state index contributed by atoms with van der Waals surface area (Å²) in [5.74, 6) is 0.434. The molecule has 6 nitrogen and oxygen atoms in total. The van der Waals surface area contributed by atoms with Gasteiger partial charge >= 0.3 is 5.97 Å². The van der Waals surface area contributed by atoms with Crippen LogP contribution in [0.1, 0.15) is 33.3 Å². The Morgan fingerprint density at radius 3 is 2.76 bits per heavy atom. The van der Waals surface area contributed by atoms with E-state index in [9.17, 15) is 4.79 Å². The molecule has 0 aliphatic rings. The Hall–Kier alpha value is -2.11. The molecule has 0 saturated heterocycles. The van der Waals surface area contributed by atoms with Crippen molar-refractivity contribution in [2.24, 2.45) is 0 Å². The summed E-state index contributed by atoms with van der Waals surface area (Å²) in [7, 11) is 1.94. The first-order chi connectivity index (χ1) is 9.78. The van der Waals surface area contributed by atoms with Crippen LogP contribution < -0.4 is 4.90 Å². The molecule has 0 amide bonds. The van der Waals surface area contributed by atoms with Crippen LogP contribution in [0.15, 0.2) is 18.3 Å². The van der Waals surface area contributed by atoms with Gasteiger partial charge in [-0.2, -0.15) is 4.98 Å². The van der Waals surface area contributed by atoms with E-state index in [-0.39, 0.29) is 12.4 Å². The van der Waals surface area contributed by atoms with Gasteiger partial charge in [0.1, 0.15) is 5.60 Å². The normalized spacial score (nSPS) is 11.7. The molecular formula is C15H22N4O2. The maximum Gasteiger partial charge on any atom is 0.310 e. The Kier molecular flexibility index (Phi) is 4.16. The molecule has 2 rings (SSSR count). The lowest BCUT2D eigenvalue weighted by molar-refractivity contribution is -0.153. The number of esters is 1. The monoisotopic (exact) mass is 290 g/mol. The molecule has 0 fully saturated rings. The van der Waals surface area contributed by atoms with Gasteiger partial charge in [0.15, 0.2) is 5.65 Å². The molecule has 0 N–H and O–H groups in total. The lowest BCUT2D eigenvalue weighted by Gasteiger charge is -2.19. The molecule has 0 aliphatic heterocycles. The Balaban J connectivity index is 2.17. The highest BCUT2D eigenvalue weighted by molar-refractivity contribution is 5.73. The van der Waals surface area contributed by atoms with Crippen molar-refractivity contribution in [3.05, 3.63) is 23.9 Å². The third kappa shape index (κ3) is 3.93. The van der Waals surface area contributed by atoms with Crippen LogP contribution >= 0.6 is 0 Å². The quantitative estimate of drug-likeness (QED) is 0.807. The maximum atomic E-state index is 11.9. The predicted molar refractivity (Wildman–Crippen MR) is 81.5 cm³/mol. The summed E-state index contributed by atoms with van der Waals surface area (Å²) >= 11 is 0. The number of carbonyl (C=O) groups is 1. The van der Waals surface area contributed by atoms with Crippen LogP contribution in [0.5, 0.6) is 0 Å². The molecule has 21 heavy (non-hydrogen) atoms. The average Bonchev–Trinajstić information content (AvgIpc) is 2.78. The summed E-state index contributed by atoms with van der Waals surface area (Å²) in [5, 5.41) is 4.38. The molecule has 0 radical (unpaired) electrons. The van der Waals surface area contributed by atoms with Crippen LogP contribution in [0.2, 0.25) is 0 Å². The summed E-state index contributed by atoms with van der Waals surface area (Å²) in [6, 6.07) is 3.73. The molecule has 0 unspecified atom stereocenters. The summed E-state index contributed by atoms with van der Waals surface area (Å²) in [6.45, 7) is 8.46. The summed E-state index contributed by atoms with van der Waals surface area (Å²) in [4.78, 5) is 18.3. The first-order valence-corrected chi connectivity index (χ1v) is 7.07. The van der Waals surface area contributed by atoms with E-state index in [1.165, 1.54) is 0 Å². The van der Waals surface area contributed by atoms with Gasteiger partial charge in [-0.25, -0.2) is 4.52 Å². The Morgan fingerprint density at radius 2 is 2.14 bits per heavy atom. The average molecular weight is 290 g/mol. The number of aromatic nitrogens is 3. The molecular weight excluding hydrogens is 268 g/mol. The molecule has 2 heterocycles. The zero-order valence-corrected chi connectivity index (χ0v) is 13.3. The zero-order valence-electron chi connectivity index (χ0n) is 13.3. The van der Waals surface area contributed by atoms with Gasteiger partial charge in [0.25, 0.3) is 0 Å². The number of ether oxygens (including phenoxy) is 1. The fourth-order valence-corrected chi connectivity index (χ4v) is 1.87. The van der Waals surface area contributed by atoms with E-state index < -0.39 is 5.60 Å². The van der Waals surface area contributed by atoms with Gasteiger partial charge in [0.2, 0.25) is 5.95 Å². The van der Waals surface area contributed by atoms with E-state index in [0.717, 1.165) is 17.8 Å². The van der Waals surface area contributed by atoms with E-state index in [0.29, 0.717) is 5.95 Å². The van der Waals surface area contributed by atoms with Gasteiger partial charge < -0.3 is 9.64 Å². The van der Waals surface area contributed by atoms with Gasteiger partial charge in [0.05, 0.1) is 6.42 Å². The molecule has 0 bridgehead atoms. The second-order valence-electron chi connectivity index (χ2n) is 6.03. The SMILES string of the molecule is CCN(C)c1nc2cc(CC(=O)OC(C)(C)C)ccn2n1. The minimum absolute atomic E-state index is 0.236. The fourth-order valence-electron chi connectivity index (χ4n) is 1.87. The van der Waals surface area contributed by atoms with Gasteiger partial charge in [-0.3, -0.25) is 4.79 Å². The van der Waals surface area contributed by atoms with Crippen molar-refractivity contribution >= 4 is 17.6 Å². The number of hydrogen-bond acceptors (Lipinski definition) is 5. The van der Waals surface area contributed by atoms with Crippen molar-refractivity contribution in [3.8, 4) is 0 Å². The molecule has 0 spiro atoms. The van der Waals surface area contributed by atoms with E-state index in [2.05, 4.69) is 10.1 Å². The second kappa shape index (κ2) is 5.71. The molecule has 6 heteroatoms. The molecule has 0 aliphatic carbocycles. The van der Waals surface area contributed by atoms with Crippen LogP contribution in [0.25, 0.3) is 5.65 Å². The van der Waals surface area contributed by atoms with Crippen LogP contribution in [-0.2, 0) is 16.0 Å². The first-order valence-electron chi connectivity index (χ1n) is 7.07. The third-order valence-electron chi connectivity index (χ3n) is 2.98. The summed E-state index contributed by atoms with van der Waals surface area (Å²) in [6.07, 6.45) is 2.05. The highest BCUT2D eigenvalue weighted by Gasteiger charge is 2.17.